The van der Waals surface area contributed by atoms with Crippen LogP contribution in [0.25, 0.3) is 6.08 Å². The molecular weight excluding hydrogens is 398 g/mol. The van der Waals surface area contributed by atoms with E-state index in [2.05, 4.69) is 10.3 Å². The number of hydrogen-bond acceptors (Lipinski definition) is 6. The number of nitrogens with one attached hydrogen (secondary N) is 1. The highest BCUT2D eigenvalue weighted by atomic mass is 16.6. The molecule has 0 unspecified atom stereocenters. The lowest BCUT2D eigenvalue weighted by Crippen LogP contribution is -2.51. The summed E-state index contributed by atoms with van der Waals surface area (Å²) in [4.78, 5) is 43.0. The molecule has 0 bridgehead atoms. The monoisotopic (exact) mass is 429 g/mol. The Morgan fingerprint density at radius 3 is 2.55 bits per heavy atom. The van der Waals surface area contributed by atoms with Crippen molar-refractivity contribution in [1.29, 1.82) is 0 Å². The van der Waals surface area contributed by atoms with Gasteiger partial charge in [0.05, 0.1) is 11.5 Å². The maximum Gasteiger partial charge on any atom is 0.410 e. The Morgan fingerprint density at radius 1 is 1.26 bits per heavy atom. The topological polar surface area (TPSA) is 97.8 Å². The van der Waals surface area contributed by atoms with Crippen LogP contribution < -0.4 is 5.32 Å². The Kier molecular flexibility index (Phi) is 6.38. The van der Waals surface area contributed by atoms with Crippen molar-refractivity contribution < 1.29 is 23.9 Å². The van der Waals surface area contributed by atoms with Crippen LogP contribution in [-0.4, -0.2) is 52.6 Å². The van der Waals surface area contributed by atoms with Crippen molar-refractivity contribution in [3.05, 3.63) is 29.5 Å². The van der Waals surface area contributed by atoms with Gasteiger partial charge in [-0.3, -0.25) is 4.79 Å². The molecule has 0 aromatic carbocycles. The van der Waals surface area contributed by atoms with Crippen LogP contribution in [0.4, 0.5) is 10.6 Å². The van der Waals surface area contributed by atoms with Crippen LogP contribution in [0.1, 0.15) is 58.6 Å². The van der Waals surface area contributed by atoms with E-state index < -0.39 is 17.0 Å². The third-order valence-electron chi connectivity index (χ3n) is 5.37. The molecule has 8 heteroatoms. The van der Waals surface area contributed by atoms with E-state index in [1.54, 1.807) is 31.0 Å². The van der Waals surface area contributed by atoms with E-state index in [0.29, 0.717) is 38.2 Å². The van der Waals surface area contributed by atoms with Crippen molar-refractivity contribution in [3.8, 4) is 0 Å². The average molecular weight is 430 g/mol. The molecule has 1 aromatic heterocycles. The quantitative estimate of drug-likeness (QED) is 0.583. The lowest BCUT2D eigenvalue weighted by atomic mass is 9.71. The summed E-state index contributed by atoms with van der Waals surface area (Å²) in [5, 5.41) is 2.92. The summed E-state index contributed by atoms with van der Waals surface area (Å²) >= 11 is 0. The number of rotatable bonds is 3. The molecule has 1 aromatic rings. The molecule has 1 saturated heterocycles. The highest BCUT2D eigenvalue weighted by Crippen LogP contribution is 2.41. The summed E-state index contributed by atoms with van der Waals surface area (Å²) < 4.78 is 10.6. The third-order valence-corrected chi connectivity index (χ3v) is 5.37. The van der Waals surface area contributed by atoms with Gasteiger partial charge >= 0.3 is 12.1 Å². The number of carbonyl (C=O) groups excluding carboxylic acids is 3. The Bertz CT molecular complexity index is 893. The first kappa shape index (κ1) is 22.8. The largest absolute Gasteiger partial charge is 0.460 e. The maximum absolute atomic E-state index is 12.9. The molecule has 2 aliphatic rings. The maximum atomic E-state index is 12.9. The summed E-state index contributed by atoms with van der Waals surface area (Å²) in [6.07, 6.45) is 5.77. The molecule has 1 spiro atoms. The van der Waals surface area contributed by atoms with Crippen molar-refractivity contribution in [3.63, 3.8) is 0 Å². The molecule has 31 heavy (non-hydrogen) atoms. The lowest BCUT2D eigenvalue weighted by molar-refractivity contribution is -0.141. The predicted molar refractivity (Wildman–Crippen MR) is 116 cm³/mol. The fourth-order valence-electron chi connectivity index (χ4n) is 3.84. The Hall–Kier alpha value is -2.90. The number of amides is 2. The second-order valence-electron chi connectivity index (χ2n) is 9.47. The molecule has 2 aliphatic heterocycles. The van der Waals surface area contributed by atoms with E-state index in [1.165, 1.54) is 6.08 Å². The minimum Gasteiger partial charge on any atom is -0.460 e. The first-order valence-electron chi connectivity index (χ1n) is 10.6. The van der Waals surface area contributed by atoms with Gasteiger partial charge in [-0.15, -0.1) is 0 Å². The van der Waals surface area contributed by atoms with Gasteiger partial charge in [0.15, 0.2) is 0 Å². The molecule has 0 radical (unpaired) electrons. The number of hydrogen-bond donors (Lipinski definition) is 1. The van der Waals surface area contributed by atoms with E-state index in [1.807, 2.05) is 26.8 Å². The molecular formula is C23H31N3O5. The van der Waals surface area contributed by atoms with Gasteiger partial charge in [0.25, 0.3) is 0 Å². The molecule has 2 amide bonds. The Balaban J connectivity index is 1.69. The van der Waals surface area contributed by atoms with Crippen LogP contribution >= 0.6 is 0 Å². The third kappa shape index (κ3) is 5.62. The fourth-order valence-corrected chi connectivity index (χ4v) is 3.84. The normalized spacial score (nSPS) is 18.1. The summed E-state index contributed by atoms with van der Waals surface area (Å²) in [7, 11) is 0. The van der Waals surface area contributed by atoms with Crippen molar-refractivity contribution in [2.45, 2.75) is 65.6 Å². The molecule has 8 nitrogen and oxygen atoms in total. The number of likely N-dealkylation sites (tertiary alicyclic amines) is 1. The number of nitrogens with zero attached hydrogens (tertiary/aromatic N) is 2. The summed E-state index contributed by atoms with van der Waals surface area (Å²) in [5.74, 6) is 0.0826. The number of piperidine rings is 1. The first-order valence-corrected chi connectivity index (χ1v) is 10.6. The Morgan fingerprint density at radius 2 is 1.94 bits per heavy atom. The van der Waals surface area contributed by atoms with E-state index in [9.17, 15) is 14.4 Å². The van der Waals surface area contributed by atoms with Crippen molar-refractivity contribution in [2.24, 2.45) is 5.41 Å². The number of pyridine rings is 1. The number of fused-ring (bicyclic) bond motifs is 1. The number of carbonyl (C=O) groups is 3. The van der Waals surface area contributed by atoms with Gasteiger partial charge in [-0.05, 0) is 77.2 Å². The Labute approximate surface area is 183 Å². The standard InChI is InChI=1S/C23H31N3O5/c1-15(2)30-18(27)7-6-16-12-17-13-23(20(28)25-19(17)24-14-16)8-10-26(11-9-23)21(29)31-22(3,4)5/h6-7,12,14-15H,8-11,13H2,1-5H3,(H,24,25,28)/b7-6+. The zero-order valence-corrected chi connectivity index (χ0v) is 18.9. The van der Waals surface area contributed by atoms with E-state index in [-0.39, 0.29) is 18.1 Å². The minimum absolute atomic E-state index is 0.0554. The van der Waals surface area contributed by atoms with Gasteiger partial charge in [0, 0.05) is 25.4 Å². The molecule has 1 N–H and O–H groups in total. The van der Waals surface area contributed by atoms with Crippen LogP contribution in [0.3, 0.4) is 0 Å². The number of ether oxygens (including phenoxy) is 2. The van der Waals surface area contributed by atoms with Crippen molar-refractivity contribution in [1.82, 2.24) is 9.88 Å². The minimum atomic E-state index is -0.577. The van der Waals surface area contributed by atoms with Gasteiger partial charge in [-0.1, -0.05) is 0 Å². The van der Waals surface area contributed by atoms with Crippen LogP contribution in [0, 0.1) is 5.41 Å². The van der Waals surface area contributed by atoms with Gasteiger partial charge in [0.2, 0.25) is 5.91 Å². The highest BCUT2D eigenvalue weighted by Gasteiger charge is 2.46. The molecule has 0 atom stereocenters. The molecule has 168 valence electrons. The van der Waals surface area contributed by atoms with Gasteiger partial charge in [-0.25, -0.2) is 14.6 Å². The van der Waals surface area contributed by atoms with Gasteiger partial charge < -0.3 is 19.7 Å². The van der Waals surface area contributed by atoms with Crippen molar-refractivity contribution in [2.75, 3.05) is 18.4 Å². The summed E-state index contributed by atoms with van der Waals surface area (Å²) in [5.41, 5.74) is 0.554. The summed E-state index contributed by atoms with van der Waals surface area (Å²) in [6, 6.07) is 1.93. The predicted octanol–water partition coefficient (Wildman–Crippen LogP) is 3.56. The SMILES string of the molecule is CC(C)OC(=O)/C=C/c1cnc2c(c1)CC1(CCN(C(=O)OC(C)(C)C)CC1)C(=O)N2. The highest BCUT2D eigenvalue weighted by molar-refractivity contribution is 5.98. The fraction of sp³-hybridized carbons (Fsp3) is 0.565. The van der Waals surface area contributed by atoms with Crippen LogP contribution in [0.5, 0.6) is 0 Å². The first-order chi connectivity index (χ1) is 14.5. The second kappa shape index (κ2) is 8.69. The van der Waals surface area contributed by atoms with E-state index >= 15 is 0 Å². The molecule has 0 saturated carbocycles. The smallest absolute Gasteiger partial charge is 0.410 e. The molecule has 3 heterocycles. The number of esters is 1. The molecule has 0 aliphatic carbocycles. The molecule has 1 fully saturated rings. The number of aromatic nitrogens is 1. The zero-order chi connectivity index (χ0) is 22.8. The summed E-state index contributed by atoms with van der Waals surface area (Å²) in [6.45, 7) is 10.0. The second-order valence-corrected chi connectivity index (χ2v) is 9.47. The number of anilines is 1. The van der Waals surface area contributed by atoms with Crippen LogP contribution in [0.2, 0.25) is 0 Å². The average Bonchev–Trinajstić information content (AvgIpc) is 2.66. The van der Waals surface area contributed by atoms with Gasteiger partial charge in [-0.2, -0.15) is 0 Å². The lowest BCUT2D eigenvalue weighted by Gasteiger charge is -2.43. The van der Waals surface area contributed by atoms with E-state index in [0.717, 1.165) is 11.1 Å². The van der Waals surface area contributed by atoms with Crippen LogP contribution in [0.15, 0.2) is 18.3 Å². The van der Waals surface area contributed by atoms with E-state index in [4.69, 9.17) is 9.47 Å². The van der Waals surface area contributed by atoms with Crippen LogP contribution in [-0.2, 0) is 25.5 Å². The molecule has 3 rings (SSSR count). The van der Waals surface area contributed by atoms with Gasteiger partial charge in [0.1, 0.15) is 11.4 Å². The van der Waals surface area contributed by atoms with Crippen molar-refractivity contribution >= 4 is 29.9 Å². The zero-order valence-electron chi connectivity index (χ0n) is 18.9.